The summed E-state index contributed by atoms with van der Waals surface area (Å²) in [6.07, 6.45) is 4.55. The van der Waals surface area contributed by atoms with Crippen LogP contribution in [0.4, 0.5) is 0 Å². The van der Waals surface area contributed by atoms with E-state index in [0.29, 0.717) is 32.0 Å². The third-order valence-electron chi connectivity index (χ3n) is 4.16. The van der Waals surface area contributed by atoms with E-state index < -0.39 is 16.1 Å². The zero-order chi connectivity index (χ0) is 14.6. The van der Waals surface area contributed by atoms with Gasteiger partial charge in [0.05, 0.1) is 5.75 Å². The van der Waals surface area contributed by atoms with Crippen LogP contribution in [0.25, 0.3) is 0 Å². The zero-order valence-corrected chi connectivity index (χ0v) is 12.9. The van der Waals surface area contributed by atoms with Crippen molar-refractivity contribution in [1.82, 2.24) is 14.9 Å². The molecule has 2 unspecified atom stereocenters. The fourth-order valence-corrected chi connectivity index (χ4v) is 4.81. The van der Waals surface area contributed by atoms with Gasteiger partial charge >= 0.3 is 0 Å². The highest BCUT2D eigenvalue weighted by Gasteiger charge is 2.36. The van der Waals surface area contributed by atoms with Gasteiger partial charge in [-0.15, -0.1) is 0 Å². The summed E-state index contributed by atoms with van der Waals surface area (Å²) in [7, 11) is -3.34. The number of piperazine rings is 1. The van der Waals surface area contributed by atoms with Crippen molar-refractivity contribution < 1.29 is 13.2 Å². The van der Waals surface area contributed by atoms with Crippen LogP contribution in [0.15, 0.2) is 0 Å². The molecule has 0 aromatic heterocycles. The molecule has 7 heteroatoms. The number of rotatable bonds is 5. The Bertz CT molecular complexity index is 432. The van der Waals surface area contributed by atoms with E-state index in [1.807, 2.05) is 6.92 Å². The van der Waals surface area contributed by atoms with Crippen LogP contribution in [0.1, 0.15) is 39.0 Å². The normalized spacial score (nSPS) is 29.1. The van der Waals surface area contributed by atoms with Gasteiger partial charge in [-0.2, -0.15) is 4.31 Å². The maximum absolute atomic E-state index is 12.5. The zero-order valence-electron chi connectivity index (χ0n) is 12.1. The molecule has 0 radical (unpaired) electrons. The van der Waals surface area contributed by atoms with Crippen molar-refractivity contribution in [2.45, 2.75) is 51.1 Å². The lowest BCUT2D eigenvalue weighted by molar-refractivity contribution is -0.126. The number of sulfonamides is 1. The van der Waals surface area contributed by atoms with E-state index in [0.717, 1.165) is 13.0 Å². The van der Waals surface area contributed by atoms with Gasteiger partial charge in [-0.3, -0.25) is 4.79 Å². The van der Waals surface area contributed by atoms with Gasteiger partial charge in [-0.1, -0.05) is 13.3 Å². The second-order valence-electron chi connectivity index (χ2n) is 5.58. The van der Waals surface area contributed by atoms with Crippen LogP contribution >= 0.6 is 0 Å². The lowest BCUT2D eigenvalue weighted by Gasteiger charge is -2.34. The van der Waals surface area contributed by atoms with E-state index in [-0.39, 0.29) is 11.7 Å². The molecule has 0 saturated carbocycles. The van der Waals surface area contributed by atoms with Gasteiger partial charge in [0.1, 0.15) is 6.04 Å². The lowest BCUT2D eigenvalue weighted by Crippen LogP contribution is -2.57. The minimum Gasteiger partial charge on any atom is -0.353 e. The second kappa shape index (κ2) is 6.87. The first-order chi connectivity index (χ1) is 9.54. The monoisotopic (exact) mass is 303 g/mol. The van der Waals surface area contributed by atoms with Crippen LogP contribution in [-0.2, 0) is 14.8 Å². The van der Waals surface area contributed by atoms with Crippen LogP contribution in [0.2, 0.25) is 0 Å². The van der Waals surface area contributed by atoms with Crippen LogP contribution in [0.3, 0.4) is 0 Å². The summed E-state index contributed by atoms with van der Waals surface area (Å²) in [6.45, 7) is 3.64. The van der Waals surface area contributed by atoms with Gasteiger partial charge in [0.2, 0.25) is 15.9 Å². The van der Waals surface area contributed by atoms with Crippen LogP contribution < -0.4 is 10.6 Å². The summed E-state index contributed by atoms with van der Waals surface area (Å²) in [6, 6.07) is -0.231. The minimum absolute atomic E-state index is 0.133. The van der Waals surface area contributed by atoms with E-state index in [1.54, 1.807) is 0 Å². The van der Waals surface area contributed by atoms with Crippen molar-refractivity contribution in [3.63, 3.8) is 0 Å². The molecule has 20 heavy (non-hydrogen) atoms. The number of amides is 1. The van der Waals surface area contributed by atoms with Crippen molar-refractivity contribution in [3.8, 4) is 0 Å². The number of nitrogens with zero attached hydrogens (tertiary/aromatic N) is 1. The summed E-state index contributed by atoms with van der Waals surface area (Å²) in [5.74, 6) is -0.0350. The SMILES string of the molecule is CCC1C(=O)NCCN1S(=O)(=O)CCC1CCCCN1. The molecule has 0 aliphatic carbocycles. The molecule has 0 bridgehead atoms. The number of carbonyl (C=O) groups excluding carboxylic acids is 1. The number of nitrogens with one attached hydrogen (secondary N) is 2. The Labute approximate surface area is 121 Å². The molecule has 2 atom stereocenters. The van der Waals surface area contributed by atoms with E-state index in [4.69, 9.17) is 0 Å². The first-order valence-electron chi connectivity index (χ1n) is 7.55. The van der Waals surface area contributed by atoms with Gasteiger partial charge < -0.3 is 10.6 Å². The van der Waals surface area contributed by atoms with E-state index in [9.17, 15) is 13.2 Å². The minimum atomic E-state index is -3.34. The van der Waals surface area contributed by atoms with Crippen molar-refractivity contribution in [2.24, 2.45) is 0 Å². The number of piperidine rings is 1. The van der Waals surface area contributed by atoms with Gasteiger partial charge in [0, 0.05) is 19.1 Å². The standard InChI is InChI=1S/C13H25N3O3S/c1-2-12-13(17)15-8-9-16(12)20(18,19)10-6-11-5-3-4-7-14-11/h11-12,14H,2-10H2,1H3,(H,15,17). The van der Waals surface area contributed by atoms with Gasteiger partial charge in [0.25, 0.3) is 0 Å². The summed E-state index contributed by atoms with van der Waals surface area (Å²) in [4.78, 5) is 11.8. The third-order valence-corrected chi connectivity index (χ3v) is 6.07. The molecule has 6 nitrogen and oxygen atoms in total. The Balaban J connectivity index is 1.95. The Morgan fingerprint density at radius 2 is 2.10 bits per heavy atom. The summed E-state index contributed by atoms with van der Waals surface area (Å²) >= 11 is 0. The van der Waals surface area contributed by atoms with E-state index in [2.05, 4.69) is 10.6 Å². The fourth-order valence-electron chi connectivity index (χ4n) is 2.99. The molecular weight excluding hydrogens is 278 g/mol. The molecule has 2 saturated heterocycles. The maximum atomic E-state index is 12.5. The van der Waals surface area contributed by atoms with E-state index in [1.165, 1.54) is 17.1 Å². The smallest absolute Gasteiger partial charge is 0.238 e. The molecule has 0 aromatic rings. The number of carbonyl (C=O) groups is 1. The Hall–Kier alpha value is -0.660. The van der Waals surface area contributed by atoms with Crippen molar-refractivity contribution in [2.75, 3.05) is 25.4 Å². The molecule has 2 rings (SSSR count). The molecule has 2 aliphatic rings. The Morgan fingerprint density at radius 3 is 2.75 bits per heavy atom. The van der Waals surface area contributed by atoms with Gasteiger partial charge in [-0.05, 0) is 32.2 Å². The fraction of sp³-hybridized carbons (Fsp3) is 0.923. The summed E-state index contributed by atoms with van der Waals surface area (Å²) < 4.78 is 26.3. The van der Waals surface area contributed by atoms with Gasteiger partial charge in [-0.25, -0.2) is 8.42 Å². The molecule has 2 N–H and O–H groups in total. The molecule has 2 fully saturated rings. The highest BCUT2D eigenvalue weighted by molar-refractivity contribution is 7.89. The van der Waals surface area contributed by atoms with Crippen LogP contribution in [0, 0.1) is 0 Å². The first-order valence-corrected chi connectivity index (χ1v) is 9.16. The topological polar surface area (TPSA) is 78.5 Å². The third kappa shape index (κ3) is 3.71. The van der Waals surface area contributed by atoms with E-state index >= 15 is 0 Å². The molecule has 2 aliphatic heterocycles. The molecule has 116 valence electrons. The Kier molecular flexibility index (Phi) is 5.40. The summed E-state index contributed by atoms with van der Waals surface area (Å²) in [5.41, 5.74) is 0. The largest absolute Gasteiger partial charge is 0.353 e. The van der Waals surface area contributed by atoms with Crippen LogP contribution in [-0.4, -0.2) is 56.1 Å². The summed E-state index contributed by atoms with van der Waals surface area (Å²) in [5, 5.41) is 6.10. The van der Waals surface area contributed by atoms with Gasteiger partial charge in [0.15, 0.2) is 0 Å². The molecule has 1 amide bonds. The van der Waals surface area contributed by atoms with Crippen LogP contribution in [0.5, 0.6) is 0 Å². The predicted molar refractivity (Wildman–Crippen MR) is 77.8 cm³/mol. The average molecular weight is 303 g/mol. The lowest BCUT2D eigenvalue weighted by atomic mass is 10.0. The maximum Gasteiger partial charge on any atom is 0.238 e. The number of hydrogen-bond donors (Lipinski definition) is 2. The molecule has 0 aromatic carbocycles. The van der Waals surface area contributed by atoms with Crippen molar-refractivity contribution in [1.29, 1.82) is 0 Å². The van der Waals surface area contributed by atoms with Crippen molar-refractivity contribution in [3.05, 3.63) is 0 Å². The quantitative estimate of drug-likeness (QED) is 0.753. The average Bonchev–Trinajstić information content (AvgIpc) is 2.46. The molecule has 2 heterocycles. The highest BCUT2D eigenvalue weighted by atomic mass is 32.2. The highest BCUT2D eigenvalue weighted by Crippen LogP contribution is 2.17. The van der Waals surface area contributed by atoms with Crippen molar-refractivity contribution >= 4 is 15.9 Å². The predicted octanol–water partition coefficient (Wildman–Crippen LogP) is 0.0588. The molecular formula is C13H25N3O3S. The first kappa shape index (κ1) is 15.7. The second-order valence-corrected chi connectivity index (χ2v) is 7.62. The Morgan fingerprint density at radius 1 is 1.30 bits per heavy atom. The molecule has 0 spiro atoms. The number of hydrogen-bond acceptors (Lipinski definition) is 4.